The Kier molecular flexibility index (Phi) is 2.40. The molecule has 1 aliphatic heterocycles. The van der Waals surface area contributed by atoms with Crippen LogP contribution in [0.3, 0.4) is 0 Å². The highest BCUT2D eigenvalue weighted by Crippen LogP contribution is 2.48. The standard InChI is InChI=1S/C12H16N2O2S/c1-13-5-8(7-3-4-7)17-9-6-14(2)11(10(9)13)12(15)16/h6-8H,3-5H2,1-2H3,(H,15,16). The first kappa shape index (κ1) is 11.0. The number of nitrogens with zero attached hydrogens (tertiary/aromatic N) is 2. The van der Waals surface area contributed by atoms with Gasteiger partial charge in [-0.25, -0.2) is 4.79 Å². The molecule has 1 saturated carbocycles. The number of thioether (sulfide) groups is 1. The normalized spacial score (nSPS) is 23.6. The van der Waals surface area contributed by atoms with E-state index in [0.717, 1.165) is 23.0 Å². The smallest absolute Gasteiger partial charge is 0.354 e. The van der Waals surface area contributed by atoms with E-state index in [-0.39, 0.29) is 0 Å². The van der Waals surface area contributed by atoms with Gasteiger partial charge in [0.25, 0.3) is 0 Å². The zero-order chi connectivity index (χ0) is 12.2. The maximum absolute atomic E-state index is 11.3. The number of carbonyl (C=O) groups is 1. The molecule has 0 spiro atoms. The van der Waals surface area contributed by atoms with Crippen LogP contribution in [0.15, 0.2) is 11.1 Å². The molecular weight excluding hydrogens is 236 g/mol. The van der Waals surface area contributed by atoms with E-state index in [4.69, 9.17) is 0 Å². The zero-order valence-electron chi connectivity index (χ0n) is 10.0. The first-order valence-electron chi connectivity index (χ1n) is 5.88. The molecule has 0 bridgehead atoms. The summed E-state index contributed by atoms with van der Waals surface area (Å²) in [5.41, 5.74) is 1.30. The summed E-state index contributed by atoms with van der Waals surface area (Å²) < 4.78 is 1.73. The second kappa shape index (κ2) is 3.70. The van der Waals surface area contributed by atoms with Crippen molar-refractivity contribution in [1.82, 2.24) is 4.57 Å². The fraction of sp³-hybridized carbons (Fsp3) is 0.583. The van der Waals surface area contributed by atoms with Crippen LogP contribution in [0, 0.1) is 5.92 Å². The van der Waals surface area contributed by atoms with Crippen LogP contribution in [-0.2, 0) is 7.05 Å². The van der Waals surface area contributed by atoms with E-state index in [1.54, 1.807) is 4.57 Å². The topological polar surface area (TPSA) is 45.5 Å². The minimum absolute atomic E-state index is 0.407. The molecule has 1 atom stereocenters. The lowest BCUT2D eigenvalue weighted by Crippen LogP contribution is -2.32. The molecule has 1 unspecified atom stereocenters. The molecule has 4 nitrogen and oxygen atoms in total. The molecule has 1 aliphatic carbocycles. The molecule has 17 heavy (non-hydrogen) atoms. The van der Waals surface area contributed by atoms with Crippen molar-refractivity contribution in [2.75, 3.05) is 18.5 Å². The van der Waals surface area contributed by atoms with Crippen LogP contribution in [0.25, 0.3) is 0 Å². The van der Waals surface area contributed by atoms with Crippen molar-refractivity contribution in [1.29, 1.82) is 0 Å². The second-order valence-corrected chi connectivity index (χ2v) is 6.26. The molecule has 0 radical (unpaired) electrons. The van der Waals surface area contributed by atoms with Gasteiger partial charge in [-0.3, -0.25) is 0 Å². The summed E-state index contributed by atoms with van der Waals surface area (Å²) in [6.45, 7) is 0.965. The Labute approximate surface area is 105 Å². The number of anilines is 1. The number of carboxylic acids is 1. The van der Waals surface area contributed by atoms with Gasteiger partial charge in [-0.1, -0.05) is 0 Å². The number of hydrogen-bond donors (Lipinski definition) is 1. The van der Waals surface area contributed by atoms with Crippen LogP contribution in [0.2, 0.25) is 0 Å². The summed E-state index contributed by atoms with van der Waals surface area (Å²) in [4.78, 5) is 14.5. The summed E-state index contributed by atoms with van der Waals surface area (Å²) in [5.74, 6) is -0.00449. The summed E-state index contributed by atoms with van der Waals surface area (Å²) in [6, 6.07) is 0. The Hall–Kier alpha value is -1.10. The van der Waals surface area contributed by atoms with Crippen molar-refractivity contribution in [3.05, 3.63) is 11.9 Å². The number of aromatic nitrogens is 1. The average molecular weight is 252 g/mol. The Bertz CT molecular complexity index is 479. The SMILES string of the molecule is CN1CC(C2CC2)Sc2cn(C)c(C(=O)O)c21. The molecule has 92 valence electrons. The molecule has 1 N–H and O–H groups in total. The van der Waals surface area contributed by atoms with E-state index in [1.807, 2.05) is 32.1 Å². The van der Waals surface area contributed by atoms with Crippen LogP contribution in [-0.4, -0.2) is 34.5 Å². The molecule has 0 aromatic carbocycles. The average Bonchev–Trinajstić information content (AvgIpc) is 3.01. The van der Waals surface area contributed by atoms with Crippen LogP contribution in [0.5, 0.6) is 0 Å². The molecule has 1 fully saturated rings. The second-order valence-electron chi connectivity index (χ2n) is 4.98. The fourth-order valence-corrected chi connectivity index (χ4v) is 4.24. The Morgan fingerprint density at radius 1 is 1.47 bits per heavy atom. The van der Waals surface area contributed by atoms with Gasteiger partial charge in [0.05, 0.1) is 5.69 Å². The van der Waals surface area contributed by atoms with E-state index in [1.165, 1.54) is 12.8 Å². The fourth-order valence-electron chi connectivity index (χ4n) is 2.57. The van der Waals surface area contributed by atoms with Crippen LogP contribution in [0.4, 0.5) is 5.69 Å². The van der Waals surface area contributed by atoms with E-state index < -0.39 is 5.97 Å². The van der Waals surface area contributed by atoms with Gasteiger partial charge < -0.3 is 14.6 Å². The molecule has 1 aromatic rings. The lowest BCUT2D eigenvalue weighted by Gasteiger charge is -2.31. The van der Waals surface area contributed by atoms with Gasteiger partial charge in [0.1, 0.15) is 0 Å². The lowest BCUT2D eigenvalue weighted by molar-refractivity contribution is 0.0687. The van der Waals surface area contributed by atoms with Crippen LogP contribution in [0.1, 0.15) is 23.3 Å². The summed E-state index contributed by atoms with van der Waals surface area (Å²) >= 11 is 1.86. The zero-order valence-corrected chi connectivity index (χ0v) is 10.8. The first-order valence-corrected chi connectivity index (χ1v) is 6.76. The van der Waals surface area contributed by atoms with Crippen molar-refractivity contribution in [3.63, 3.8) is 0 Å². The Morgan fingerprint density at radius 3 is 2.76 bits per heavy atom. The highest BCUT2D eigenvalue weighted by molar-refractivity contribution is 8.00. The Balaban J connectivity index is 2.01. The molecule has 5 heteroatoms. The van der Waals surface area contributed by atoms with Gasteiger partial charge in [0, 0.05) is 37.0 Å². The molecule has 2 aliphatic rings. The maximum Gasteiger partial charge on any atom is 0.354 e. The number of hydrogen-bond acceptors (Lipinski definition) is 3. The third-order valence-electron chi connectivity index (χ3n) is 3.59. The minimum Gasteiger partial charge on any atom is -0.477 e. The molecular formula is C12H16N2O2S. The van der Waals surface area contributed by atoms with Gasteiger partial charge in [0.2, 0.25) is 0 Å². The van der Waals surface area contributed by atoms with E-state index in [0.29, 0.717) is 10.9 Å². The Morgan fingerprint density at radius 2 is 2.18 bits per heavy atom. The number of fused-ring (bicyclic) bond motifs is 1. The highest BCUT2D eigenvalue weighted by Gasteiger charge is 2.38. The van der Waals surface area contributed by atoms with Crippen molar-refractivity contribution >= 4 is 23.4 Å². The van der Waals surface area contributed by atoms with Crippen molar-refractivity contribution in [2.45, 2.75) is 23.0 Å². The number of carboxylic acid groups (broad SMARTS) is 1. The third-order valence-corrected chi connectivity index (χ3v) is 4.97. The largest absolute Gasteiger partial charge is 0.477 e. The predicted molar refractivity (Wildman–Crippen MR) is 68.0 cm³/mol. The van der Waals surface area contributed by atoms with Crippen molar-refractivity contribution in [3.8, 4) is 0 Å². The summed E-state index contributed by atoms with van der Waals surface area (Å²) in [5, 5.41) is 9.89. The van der Waals surface area contributed by atoms with Gasteiger partial charge in [-0.05, 0) is 18.8 Å². The van der Waals surface area contributed by atoms with Gasteiger partial charge in [-0.2, -0.15) is 0 Å². The van der Waals surface area contributed by atoms with Crippen molar-refractivity contribution in [2.24, 2.45) is 13.0 Å². The summed E-state index contributed by atoms with van der Waals surface area (Å²) in [6.07, 6.45) is 4.62. The van der Waals surface area contributed by atoms with Crippen LogP contribution < -0.4 is 4.90 Å². The first-order chi connectivity index (χ1) is 8.08. The van der Waals surface area contributed by atoms with Gasteiger partial charge >= 0.3 is 5.97 Å². The molecule has 1 aromatic heterocycles. The molecule has 3 rings (SSSR count). The molecule has 0 saturated heterocycles. The van der Waals surface area contributed by atoms with Gasteiger partial charge in [-0.15, -0.1) is 11.8 Å². The quantitative estimate of drug-likeness (QED) is 0.875. The number of aryl methyl sites for hydroxylation is 1. The lowest BCUT2D eigenvalue weighted by atomic mass is 10.2. The monoisotopic (exact) mass is 252 g/mol. The maximum atomic E-state index is 11.3. The van der Waals surface area contributed by atoms with Crippen LogP contribution >= 0.6 is 11.8 Å². The third kappa shape index (κ3) is 1.73. The van der Waals surface area contributed by atoms with Gasteiger partial charge in [0.15, 0.2) is 5.69 Å². The number of rotatable bonds is 2. The highest BCUT2D eigenvalue weighted by atomic mass is 32.2. The minimum atomic E-state index is -0.842. The number of aromatic carboxylic acids is 1. The summed E-state index contributed by atoms with van der Waals surface area (Å²) in [7, 11) is 3.81. The van der Waals surface area contributed by atoms with Crippen molar-refractivity contribution < 1.29 is 9.90 Å². The molecule has 2 heterocycles. The molecule has 0 amide bonds. The predicted octanol–water partition coefficient (Wildman–Crippen LogP) is 2.04. The van der Waals surface area contributed by atoms with E-state index >= 15 is 0 Å². The van der Waals surface area contributed by atoms with E-state index in [2.05, 4.69) is 4.90 Å². The van der Waals surface area contributed by atoms with E-state index in [9.17, 15) is 9.90 Å².